The van der Waals surface area contributed by atoms with E-state index in [0.29, 0.717) is 23.3 Å². The van der Waals surface area contributed by atoms with Gasteiger partial charge in [-0.3, -0.25) is 9.59 Å². The van der Waals surface area contributed by atoms with E-state index in [1.165, 1.54) is 38.5 Å². The van der Waals surface area contributed by atoms with Gasteiger partial charge in [0, 0.05) is 24.5 Å². The van der Waals surface area contributed by atoms with Crippen LogP contribution in [-0.4, -0.2) is 39.0 Å². The lowest BCUT2D eigenvalue weighted by Gasteiger charge is -2.22. The minimum atomic E-state index is -0.282. The molecule has 0 radical (unpaired) electrons. The van der Waals surface area contributed by atoms with Gasteiger partial charge < -0.3 is 19.7 Å². The fourth-order valence-electron chi connectivity index (χ4n) is 3.30. The van der Waals surface area contributed by atoms with E-state index in [4.69, 9.17) is 9.47 Å². The Morgan fingerprint density at radius 1 is 1.07 bits per heavy atom. The van der Waals surface area contributed by atoms with E-state index in [9.17, 15) is 9.59 Å². The normalized spacial score (nSPS) is 14.1. The third kappa shape index (κ3) is 5.25. The summed E-state index contributed by atoms with van der Waals surface area (Å²) in [4.78, 5) is 25.8. The molecule has 6 heteroatoms. The number of hydrogen-bond acceptors (Lipinski definition) is 5. The van der Waals surface area contributed by atoms with Crippen LogP contribution in [0.15, 0.2) is 42.5 Å². The van der Waals surface area contributed by atoms with E-state index in [0.717, 1.165) is 18.8 Å². The summed E-state index contributed by atoms with van der Waals surface area (Å²) in [6, 6.07) is 12.8. The number of anilines is 2. The zero-order valence-corrected chi connectivity index (χ0v) is 16.1. The van der Waals surface area contributed by atoms with Crippen molar-refractivity contribution in [3.63, 3.8) is 0 Å². The van der Waals surface area contributed by atoms with E-state index >= 15 is 0 Å². The lowest BCUT2D eigenvalue weighted by Crippen LogP contribution is -2.24. The Morgan fingerprint density at radius 2 is 1.79 bits per heavy atom. The van der Waals surface area contributed by atoms with Crippen LogP contribution in [0.3, 0.4) is 0 Å². The molecule has 148 valence electrons. The van der Waals surface area contributed by atoms with Crippen LogP contribution in [0, 0.1) is 0 Å². The Hall–Kier alpha value is -3.02. The molecular formula is C22H26N2O4. The summed E-state index contributed by atoms with van der Waals surface area (Å²) in [6.45, 7) is 1.99. The summed E-state index contributed by atoms with van der Waals surface area (Å²) in [5, 5.41) is 2.82. The van der Waals surface area contributed by atoms with E-state index < -0.39 is 0 Å². The quantitative estimate of drug-likeness (QED) is 0.736. The molecule has 1 fully saturated rings. The number of carbonyl (C=O) groups excluding carboxylic acids is 2. The Labute approximate surface area is 165 Å². The predicted molar refractivity (Wildman–Crippen MR) is 110 cm³/mol. The minimum Gasteiger partial charge on any atom is -0.497 e. The molecule has 0 saturated carbocycles. The number of nitrogens with one attached hydrogen (secondary N) is 1. The summed E-state index contributed by atoms with van der Waals surface area (Å²) in [7, 11) is 1.52. The van der Waals surface area contributed by atoms with Gasteiger partial charge in [-0.2, -0.15) is 0 Å². The van der Waals surface area contributed by atoms with Crippen LogP contribution in [0.25, 0.3) is 0 Å². The molecule has 0 bridgehead atoms. The molecule has 2 aromatic carbocycles. The predicted octanol–water partition coefficient (Wildman–Crippen LogP) is 3.91. The van der Waals surface area contributed by atoms with Crippen molar-refractivity contribution in [2.24, 2.45) is 0 Å². The Balaban J connectivity index is 1.54. The zero-order valence-electron chi connectivity index (χ0n) is 16.1. The molecule has 1 saturated heterocycles. The number of methoxy groups -OCH3 is 1. The minimum absolute atomic E-state index is 0.180. The van der Waals surface area contributed by atoms with Crippen molar-refractivity contribution >= 4 is 23.6 Å². The topological polar surface area (TPSA) is 67.9 Å². The fraction of sp³-hybridized carbons (Fsp3) is 0.364. The summed E-state index contributed by atoms with van der Waals surface area (Å²) in [5.74, 6) is 0.626. The molecule has 1 N–H and O–H groups in total. The molecule has 28 heavy (non-hydrogen) atoms. The van der Waals surface area contributed by atoms with Gasteiger partial charge in [0.05, 0.1) is 12.7 Å². The summed E-state index contributed by atoms with van der Waals surface area (Å²) < 4.78 is 10.6. The van der Waals surface area contributed by atoms with Crippen molar-refractivity contribution in [1.82, 2.24) is 0 Å². The maximum absolute atomic E-state index is 12.2. The molecule has 1 aliphatic rings. The number of ether oxygens (including phenoxy) is 2. The van der Waals surface area contributed by atoms with Crippen LogP contribution in [-0.2, 0) is 4.79 Å². The molecule has 1 amide bonds. The van der Waals surface area contributed by atoms with Gasteiger partial charge in [-0.25, -0.2) is 0 Å². The van der Waals surface area contributed by atoms with Gasteiger partial charge in [0.15, 0.2) is 12.9 Å². The Morgan fingerprint density at radius 3 is 2.43 bits per heavy atom. The van der Waals surface area contributed by atoms with E-state index in [2.05, 4.69) is 10.2 Å². The Bertz CT molecular complexity index is 797. The van der Waals surface area contributed by atoms with Crippen LogP contribution in [0.1, 0.15) is 36.0 Å². The van der Waals surface area contributed by atoms with Gasteiger partial charge >= 0.3 is 0 Å². The van der Waals surface area contributed by atoms with Gasteiger partial charge in [-0.15, -0.1) is 0 Å². The van der Waals surface area contributed by atoms with Crippen molar-refractivity contribution in [2.45, 2.75) is 25.7 Å². The first-order chi connectivity index (χ1) is 13.7. The third-order valence-electron chi connectivity index (χ3n) is 4.82. The van der Waals surface area contributed by atoms with Crippen LogP contribution >= 0.6 is 0 Å². The zero-order chi connectivity index (χ0) is 19.8. The van der Waals surface area contributed by atoms with E-state index in [1.807, 2.05) is 24.3 Å². The number of hydrogen-bond donors (Lipinski definition) is 1. The van der Waals surface area contributed by atoms with Gasteiger partial charge in [-0.1, -0.05) is 12.8 Å². The van der Waals surface area contributed by atoms with Crippen molar-refractivity contribution in [3.8, 4) is 11.5 Å². The molecule has 3 rings (SSSR count). The monoisotopic (exact) mass is 382 g/mol. The average molecular weight is 382 g/mol. The first kappa shape index (κ1) is 19.7. The van der Waals surface area contributed by atoms with Crippen LogP contribution in [0.5, 0.6) is 11.5 Å². The van der Waals surface area contributed by atoms with Crippen LogP contribution < -0.4 is 19.7 Å². The van der Waals surface area contributed by atoms with Crippen molar-refractivity contribution in [1.29, 1.82) is 0 Å². The second-order valence-corrected chi connectivity index (χ2v) is 6.81. The molecule has 1 heterocycles. The van der Waals surface area contributed by atoms with Crippen molar-refractivity contribution < 1.29 is 19.1 Å². The number of nitrogens with zero attached hydrogens (tertiary/aromatic N) is 1. The smallest absolute Gasteiger partial charge is 0.262 e. The molecule has 0 atom stereocenters. The summed E-state index contributed by atoms with van der Waals surface area (Å²) in [5.41, 5.74) is 2.25. The first-order valence-electron chi connectivity index (χ1n) is 9.60. The molecule has 2 aromatic rings. The highest BCUT2D eigenvalue weighted by atomic mass is 16.5. The maximum Gasteiger partial charge on any atom is 0.262 e. The van der Waals surface area contributed by atoms with Gasteiger partial charge in [0.1, 0.15) is 11.5 Å². The molecule has 0 aromatic heterocycles. The molecule has 1 aliphatic heterocycles. The van der Waals surface area contributed by atoms with Gasteiger partial charge in [0.2, 0.25) is 0 Å². The van der Waals surface area contributed by atoms with Crippen molar-refractivity contribution in [2.75, 3.05) is 37.0 Å². The van der Waals surface area contributed by atoms with Crippen LogP contribution in [0.2, 0.25) is 0 Å². The SMILES string of the molecule is COc1ccc(OCC(=O)Nc2ccc(N3CCCCCC3)cc2)c(C=O)c1. The van der Waals surface area contributed by atoms with Crippen LogP contribution in [0.4, 0.5) is 11.4 Å². The highest BCUT2D eigenvalue weighted by Gasteiger charge is 2.11. The molecule has 0 aliphatic carbocycles. The number of rotatable bonds is 7. The van der Waals surface area contributed by atoms with Gasteiger partial charge in [-0.05, 0) is 55.3 Å². The van der Waals surface area contributed by atoms with E-state index in [1.54, 1.807) is 18.2 Å². The fourth-order valence-corrected chi connectivity index (χ4v) is 3.30. The highest BCUT2D eigenvalue weighted by Crippen LogP contribution is 2.23. The van der Waals surface area contributed by atoms with Gasteiger partial charge in [0.25, 0.3) is 5.91 Å². The third-order valence-corrected chi connectivity index (χ3v) is 4.82. The number of benzene rings is 2. The average Bonchev–Trinajstić information content (AvgIpc) is 3.02. The summed E-state index contributed by atoms with van der Waals surface area (Å²) in [6.07, 6.45) is 5.72. The molecule has 6 nitrogen and oxygen atoms in total. The molecule has 0 spiro atoms. The number of aldehydes is 1. The van der Waals surface area contributed by atoms with Crippen molar-refractivity contribution in [3.05, 3.63) is 48.0 Å². The highest BCUT2D eigenvalue weighted by molar-refractivity contribution is 5.92. The molecule has 0 unspecified atom stereocenters. The summed E-state index contributed by atoms with van der Waals surface area (Å²) >= 11 is 0. The lowest BCUT2D eigenvalue weighted by molar-refractivity contribution is -0.118. The second-order valence-electron chi connectivity index (χ2n) is 6.81. The maximum atomic E-state index is 12.2. The molecular weight excluding hydrogens is 356 g/mol. The second kappa shape index (κ2) is 9.78. The Kier molecular flexibility index (Phi) is 6.89. The first-order valence-corrected chi connectivity index (χ1v) is 9.60. The largest absolute Gasteiger partial charge is 0.497 e. The number of carbonyl (C=O) groups is 2. The van der Waals surface area contributed by atoms with E-state index in [-0.39, 0.29) is 12.5 Å². The lowest BCUT2D eigenvalue weighted by atomic mass is 10.2. The standard InChI is InChI=1S/C22H26N2O4/c1-27-20-10-11-21(17(14-20)15-25)28-16-22(26)23-18-6-8-19(9-7-18)24-12-4-2-3-5-13-24/h6-11,14-15H,2-5,12-13,16H2,1H3,(H,23,26). The number of amides is 1.